The van der Waals surface area contributed by atoms with E-state index in [0.717, 1.165) is 19.3 Å². The zero-order chi connectivity index (χ0) is 10.4. The predicted molar refractivity (Wildman–Crippen MR) is 60.8 cm³/mol. The zero-order valence-corrected chi connectivity index (χ0v) is 9.30. The summed E-state index contributed by atoms with van der Waals surface area (Å²) in [6.45, 7) is 2.06. The first-order valence-electron chi connectivity index (χ1n) is 5.02. The van der Waals surface area contributed by atoms with Crippen LogP contribution in [-0.2, 0) is 6.42 Å². The van der Waals surface area contributed by atoms with E-state index in [1.54, 1.807) is 0 Å². The first-order chi connectivity index (χ1) is 6.72. The van der Waals surface area contributed by atoms with Gasteiger partial charge in [0.2, 0.25) is 0 Å². The van der Waals surface area contributed by atoms with Gasteiger partial charge >= 0.3 is 0 Å². The van der Waals surface area contributed by atoms with Crippen molar-refractivity contribution in [2.24, 2.45) is 0 Å². The van der Waals surface area contributed by atoms with Crippen LogP contribution in [0.25, 0.3) is 0 Å². The summed E-state index contributed by atoms with van der Waals surface area (Å²) in [7, 11) is 0. The number of hydrogen-bond donors (Lipinski definition) is 1. The predicted octanol–water partition coefficient (Wildman–Crippen LogP) is 2.92. The van der Waals surface area contributed by atoms with E-state index in [0.29, 0.717) is 5.88 Å². The second kappa shape index (κ2) is 6.05. The highest BCUT2D eigenvalue weighted by molar-refractivity contribution is 6.17. The Hall–Kier alpha value is -0.530. The van der Waals surface area contributed by atoms with E-state index in [-0.39, 0.29) is 6.10 Å². The Labute approximate surface area is 90.7 Å². The highest BCUT2D eigenvalue weighted by Gasteiger charge is 2.04. The third-order valence-corrected chi connectivity index (χ3v) is 2.49. The fraction of sp³-hybridized carbons (Fsp3) is 0.500. The highest BCUT2D eigenvalue weighted by Crippen LogP contribution is 2.09. The molecule has 1 aromatic carbocycles. The lowest BCUT2D eigenvalue weighted by Gasteiger charge is -2.09. The van der Waals surface area contributed by atoms with Gasteiger partial charge in [-0.25, -0.2) is 0 Å². The van der Waals surface area contributed by atoms with Gasteiger partial charge in [-0.2, -0.15) is 0 Å². The Morgan fingerprint density at radius 2 is 2.21 bits per heavy atom. The van der Waals surface area contributed by atoms with Gasteiger partial charge in [0, 0.05) is 5.88 Å². The number of aliphatic hydroxyl groups is 1. The van der Waals surface area contributed by atoms with Crippen molar-refractivity contribution in [2.75, 3.05) is 5.88 Å². The Kier molecular flexibility index (Phi) is 4.99. The summed E-state index contributed by atoms with van der Waals surface area (Å²) in [6.07, 6.45) is 2.15. The van der Waals surface area contributed by atoms with E-state index in [4.69, 9.17) is 11.6 Å². The lowest BCUT2D eigenvalue weighted by Crippen LogP contribution is -2.10. The molecule has 78 valence electrons. The molecule has 0 radical (unpaired) electrons. The van der Waals surface area contributed by atoms with Crippen LogP contribution in [0.4, 0.5) is 0 Å². The average molecular weight is 213 g/mol. The third kappa shape index (κ3) is 4.12. The molecule has 0 fully saturated rings. The van der Waals surface area contributed by atoms with Crippen LogP contribution in [0, 0.1) is 6.92 Å². The molecule has 1 atom stereocenters. The second-order valence-corrected chi connectivity index (χ2v) is 4.06. The van der Waals surface area contributed by atoms with Crippen LogP contribution in [0.3, 0.4) is 0 Å². The van der Waals surface area contributed by atoms with Crippen LogP contribution in [0.5, 0.6) is 0 Å². The number of aliphatic hydroxyl groups excluding tert-OH is 1. The minimum atomic E-state index is -0.254. The lowest BCUT2D eigenvalue weighted by atomic mass is 10.0. The number of benzene rings is 1. The number of rotatable bonds is 5. The molecule has 0 spiro atoms. The molecule has 0 aliphatic rings. The van der Waals surface area contributed by atoms with Crippen molar-refractivity contribution in [3.8, 4) is 0 Å². The largest absolute Gasteiger partial charge is 0.393 e. The van der Waals surface area contributed by atoms with E-state index in [2.05, 4.69) is 25.1 Å². The van der Waals surface area contributed by atoms with Crippen LogP contribution in [-0.4, -0.2) is 17.1 Å². The monoisotopic (exact) mass is 212 g/mol. The van der Waals surface area contributed by atoms with Crippen molar-refractivity contribution >= 4 is 11.6 Å². The molecule has 1 nitrogen and oxygen atoms in total. The van der Waals surface area contributed by atoms with Crippen LogP contribution in [0.2, 0.25) is 0 Å². The van der Waals surface area contributed by atoms with Gasteiger partial charge in [-0.05, 0) is 31.7 Å². The molecule has 0 bridgehead atoms. The number of hydrogen-bond acceptors (Lipinski definition) is 1. The minimum Gasteiger partial charge on any atom is -0.393 e. The smallest absolute Gasteiger partial charge is 0.0581 e. The minimum absolute atomic E-state index is 0.254. The molecule has 0 aromatic heterocycles. The third-order valence-electron chi connectivity index (χ3n) is 2.22. The van der Waals surface area contributed by atoms with E-state index in [1.165, 1.54) is 11.1 Å². The van der Waals surface area contributed by atoms with Crippen molar-refractivity contribution in [3.63, 3.8) is 0 Å². The average Bonchev–Trinajstić information content (AvgIpc) is 2.15. The Bertz CT molecular complexity index is 273. The first kappa shape index (κ1) is 11.5. The summed E-state index contributed by atoms with van der Waals surface area (Å²) in [4.78, 5) is 0. The van der Waals surface area contributed by atoms with Crippen molar-refractivity contribution in [2.45, 2.75) is 32.3 Å². The van der Waals surface area contributed by atoms with Crippen LogP contribution in [0.15, 0.2) is 24.3 Å². The SMILES string of the molecule is Cc1cccc(CC(O)CCCCl)c1. The molecule has 0 saturated carbocycles. The summed E-state index contributed by atoms with van der Waals surface area (Å²) in [5.41, 5.74) is 2.44. The molecule has 14 heavy (non-hydrogen) atoms. The van der Waals surface area contributed by atoms with Gasteiger partial charge in [-0.3, -0.25) is 0 Å². The van der Waals surface area contributed by atoms with E-state index >= 15 is 0 Å². The molecule has 0 heterocycles. The fourth-order valence-electron chi connectivity index (χ4n) is 1.53. The summed E-state index contributed by atoms with van der Waals surface area (Å²) in [5, 5.41) is 9.67. The molecule has 1 aromatic rings. The van der Waals surface area contributed by atoms with Gasteiger partial charge in [0.15, 0.2) is 0 Å². The summed E-state index contributed by atoms with van der Waals surface area (Å²) < 4.78 is 0. The van der Waals surface area contributed by atoms with Crippen LogP contribution < -0.4 is 0 Å². The maximum absolute atomic E-state index is 9.67. The van der Waals surface area contributed by atoms with Crippen LogP contribution in [0.1, 0.15) is 24.0 Å². The van der Waals surface area contributed by atoms with Gasteiger partial charge in [-0.15, -0.1) is 11.6 Å². The highest BCUT2D eigenvalue weighted by atomic mass is 35.5. The Morgan fingerprint density at radius 1 is 1.43 bits per heavy atom. The molecule has 2 heteroatoms. The van der Waals surface area contributed by atoms with E-state index in [9.17, 15) is 5.11 Å². The number of alkyl halides is 1. The molecule has 1 rings (SSSR count). The molecular weight excluding hydrogens is 196 g/mol. The van der Waals surface area contributed by atoms with Gasteiger partial charge in [-0.1, -0.05) is 29.8 Å². The van der Waals surface area contributed by atoms with Crippen molar-refractivity contribution in [3.05, 3.63) is 35.4 Å². The van der Waals surface area contributed by atoms with E-state index < -0.39 is 0 Å². The fourth-order valence-corrected chi connectivity index (χ4v) is 1.68. The summed E-state index contributed by atoms with van der Waals surface area (Å²) in [5.74, 6) is 0.630. The lowest BCUT2D eigenvalue weighted by molar-refractivity contribution is 0.164. The summed E-state index contributed by atoms with van der Waals surface area (Å²) in [6, 6.07) is 8.26. The normalized spacial score (nSPS) is 12.8. The maximum Gasteiger partial charge on any atom is 0.0581 e. The van der Waals surface area contributed by atoms with Gasteiger partial charge in [0.25, 0.3) is 0 Å². The Balaban J connectivity index is 2.43. The number of halogens is 1. The van der Waals surface area contributed by atoms with Crippen molar-refractivity contribution < 1.29 is 5.11 Å². The first-order valence-corrected chi connectivity index (χ1v) is 5.55. The molecule has 0 amide bonds. The quantitative estimate of drug-likeness (QED) is 0.745. The molecule has 1 N–H and O–H groups in total. The molecule has 1 unspecified atom stereocenters. The summed E-state index contributed by atoms with van der Waals surface area (Å²) >= 11 is 5.56. The van der Waals surface area contributed by atoms with Crippen molar-refractivity contribution in [1.29, 1.82) is 0 Å². The van der Waals surface area contributed by atoms with Gasteiger partial charge in [0.05, 0.1) is 6.10 Å². The van der Waals surface area contributed by atoms with E-state index in [1.807, 2.05) is 6.07 Å². The van der Waals surface area contributed by atoms with Crippen LogP contribution >= 0.6 is 11.6 Å². The molecule has 0 saturated heterocycles. The second-order valence-electron chi connectivity index (χ2n) is 3.68. The maximum atomic E-state index is 9.67. The Morgan fingerprint density at radius 3 is 2.86 bits per heavy atom. The molecule has 0 aliphatic carbocycles. The molecule has 0 aliphatic heterocycles. The molecular formula is C12H17ClO. The standard InChI is InChI=1S/C12H17ClO/c1-10-4-2-5-11(8-10)9-12(14)6-3-7-13/h2,4-5,8,12,14H,3,6-7,9H2,1H3. The number of aryl methyl sites for hydroxylation is 1. The van der Waals surface area contributed by atoms with Gasteiger partial charge in [0.1, 0.15) is 0 Å². The van der Waals surface area contributed by atoms with Crippen molar-refractivity contribution in [1.82, 2.24) is 0 Å². The zero-order valence-electron chi connectivity index (χ0n) is 8.54. The van der Waals surface area contributed by atoms with Gasteiger partial charge < -0.3 is 5.11 Å². The topological polar surface area (TPSA) is 20.2 Å².